The summed E-state index contributed by atoms with van der Waals surface area (Å²) in [7, 11) is 0. The predicted octanol–water partition coefficient (Wildman–Crippen LogP) is 17.7. The molecule has 0 unspecified atom stereocenters. The first-order chi connectivity index (χ1) is 35.6. The highest BCUT2D eigenvalue weighted by Crippen LogP contribution is 2.67. The van der Waals surface area contributed by atoms with Crippen molar-refractivity contribution in [2.75, 3.05) is 14.7 Å². The summed E-state index contributed by atoms with van der Waals surface area (Å²) >= 11 is 0. The molecule has 72 heavy (non-hydrogen) atoms. The Bertz CT molecular complexity index is 3390. The molecular weight excluding hydrogens is 889 g/mol. The van der Waals surface area contributed by atoms with E-state index >= 15 is 0 Å². The van der Waals surface area contributed by atoms with Crippen molar-refractivity contribution in [2.45, 2.75) is 0 Å². The van der Waals surface area contributed by atoms with Gasteiger partial charge in [0.05, 0.1) is 81.0 Å². The Balaban J connectivity index is 1.35. The van der Waals surface area contributed by atoms with Crippen molar-refractivity contribution in [3.63, 3.8) is 0 Å². The Labute approximate surface area is 415 Å². The van der Waals surface area contributed by atoms with E-state index in [1.807, 2.05) is 182 Å². The molecule has 0 radical (unpaired) electrons. The predicted molar refractivity (Wildman–Crippen MR) is 283 cm³/mol. The van der Waals surface area contributed by atoms with Crippen molar-refractivity contribution in [3.05, 3.63) is 241 Å². The molecule has 0 saturated carbocycles. The molecule has 336 valence electrons. The standard InChI is InChI=1S/C63H36N6O3/c1-66-45-36-34-44(35-37-45)60-62(68-48-16-4-10-22-54(48)71-55-23-11-5-17-49(55)68)58(42-30-26-40(38-64)27-31-42)61(67-46-14-2-8-20-52(46)70-53-21-9-3-15-47(53)67)59(43-32-28-41(39-65)29-33-43)63(60)69-50-18-6-12-24-56(50)72-57-25-13-7-19-51(57)69/h2-37H. The Kier molecular flexibility index (Phi) is 9.78. The van der Waals surface area contributed by atoms with Crippen LogP contribution < -0.4 is 28.9 Å². The van der Waals surface area contributed by atoms with E-state index in [0.717, 1.165) is 84.6 Å². The number of nitriles is 2. The third-order valence-corrected chi connectivity index (χ3v) is 13.3. The van der Waals surface area contributed by atoms with Gasteiger partial charge in [-0.05, 0) is 114 Å². The lowest BCUT2D eigenvalue weighted by Gasteiger charge is -2.43. The highest BCUT2D eigenvalue weighted by atomic mass is 16.5. The zero-order chi connectivity index (χ0) is 48.3. The van der Waals surface area contributed by atoms with Crippen LogP contribution in [0.25, 0.3) is 38.2 Å². The van der Waals surface area contributed by atoms with Crippen molar-refractivity contribution in [1.29, 1.82) is 10.5 Å². The maximum absolute atomic E-state index is 10.3. The van der Waals surface area contributed by atoms with E-state index in [1.165, 1.54) is 0 Å². The van der Waals surface area contributed by atoms with Crippen LogP contribution in [0.5, 0.6) is 34.5 Å². The Morgan fingerprint density at radius 3 is 0.792 bits per heavy atom. The van der Waals surface area contributed by atoms with Gasteiger partial charge in [-0.2, -0.15) is 10.5 Å². The summed E-state index contributed by atoms with van der Waals surface area (Å²) in [6, 6.07) is 76.3. The normalized spacial score (nSPS) is 12.4. The van der Waals surface area contributed by atoms with E-state index in [2.05, 4.69) is 68.1 Å². The fourth-order valence-electron chi connectivity index (χ4n) is 10.2. The van der Waals surface area contributed by atoms with Crippen LogP contribution in [0.1, 0.15) is 11.1 Å². The van der Waals surface area contributed by atoms with Crippen molar-refractivity contribution in [1.82, 2.24) is 0 Å². The Morgan fingerprint density at radius 2 is 0.556 bits per heavy atom. The number of anilines is 9. The molecule has 0 spiro atoms. The summed E-state index contributed by atoms with van der Waals surface area (Å²) in [6.07, 6.45) is 0. The quantitative estimate of drug-likeness (QED) is 0.152. The zero-order valence-corrected chi connectivity index (χ0v) is 38.2. The molecule has 0 saturated heterocycles. The van der Waals surface area contributed by atoms with E-state index in [4.69, 9.17) is 20.8 Å². The SMILES string of the molecule is [C-]#[N+]c1ccc(-c2c(N3c4ccccc4Oc4ccccc43)c(-c3ccc(C#N)cc3)c(N3c4ccccc4Oc4ccccc43)c(-c3ccc(C#N)cc3)c2N2c3ccccc3Oc3ccccc32)cc1. The second kappa shape index (κ2) is 16.9. The summed E-state index contributed by atoms with van der Waals surface area (Å²) in [5.41, 5.74) is 13.4. The summed E-state index contributed by atoms with van der Waals surface area (Å²) in [5.74, 6) is 3.91. The van der Waals surface area contributed by atoms with Crippen LogP contribution in [0, 0.1) is 29.2 Å². The van der Waals surface area contributed by atoms with Crippen molar-refractivity contribution < 1.29 is 14.2 Å². The van der Waals surface area contributed by atoms with Gasteiger partial charge in [0.1, 0.15) is 0 Å². The lowest BCUT2D eigenvalue weighted by Crippen LogP contribution is -2.24. The average Bonchev–Trinajstić information content (AvgIpc) is 3.44. The Morgan fingerprint density at radius 1 is 0.319 bits per heavy atom. The van der Waals surface area contributed by atoms with Gasteiger partial charge in [0, 0.05) is 16.7 Å². The van der Waals surface area contributed by atoms with Crippen LogP contribution >= 0.6 is 0 Å². The first-order valence-corrected chi connectivity index (χ1v) is 23.3. The highest BCUT2D eigenvalue weighted by molar-refractivity contribution is 6.19. The monoisotopic (exact) mass is 924 g/mol. The van der Waals surface area contributed by atoms with Crippen LogP contribution in [-0.4, -0.2) is 0 Å². The number of fused-ring (bicyclic) bond motifs is 6. The molecule has 0 aliphatic carbocycles. The van der Waals surface area contributed by atoms with E-state index in [-0.39, 0.29) is 0 Å². The van der Waals surface area contributed by atoms with Gasteiger partial charge in [0.2, 0.25) is 0 Å². The van der Waals surface area contributed by atoms with Gasteiger partial charge in [0.25, 0.3) is 0 Å². The van der Waals surface area contributed by atoms with E-state index in [1.54, 1.807) is 0 Å². The maximum atomic E-state index is 10.3. The van der Waals surface area contributed by atoms with Crippen LogP contribution in [0.4, 0.5) is 56.9 Å². The minimum atomic E-state index is 0.490. The fraction of sp³-hybridized carbons (Fsp3) is 0. The maximum Gasteiger partial charge on any atom is 0.187 e. The topological polar surface area (TPSA) is 89.3 Å². The number of nitrogens with zero attached hydrogens (tertiary/aromatic N) is 6. The minimum Gasteiger partial charge on any atom is -0.453 e. The molecule has 3 aliphatic rings. The van der Waals surface area contributed by atoms with Crippen molar-refractivity contribution >= 4 is 56.9 Å². The summed E-state index contributed by atoms with van der Waals surface area (Å²) in [6.45, 7) is 8.09. The molecule has 0 atom stereocenters. The Hall–Kier alpha value is -10.5. The average molecular weight is 925 g/mol. The summed E-state index contributed by atoms with van der Waals surface area (Å²) in [5, 5.41) is 20.6. The molecular formula is C63H36N6O3. The molecule has 10 aromatic rings. The zero-order valence-electron chi connectivity index (χ0n) is 38.2. The van der Waals surface area contributed by atoms with Crippen molar-refractivity contribution in [2.24, 2.45) is 0 Å². The van der Waals surface area contributed by atoms with E-state index < -0.39 is 0 Å². The molecule has 10 aromatic carbocycles. The molecule has 0 amide bonds. The van der Waals surface area contributed by atoms with Gasteiger partial charge >= 0.3 is 0 Å². The smallest absolute Gasteiger partial charge is 0.187 e. The van der Waals surface area contributed by atoms with E-state index in [9.17, 15) is 10.5 Å². The van der Waals surface area contributed by atoms with Crippen molar-refractivity contribution in [3.8, 4) is 80.0 Å². The van der Waals surface area contributed by atoms with Crippen LogP contribution in [0.2, 0.25) is 0 Å². The molecule has 0 aromatic heterocycles. The van der Waals surface area contributed by atoms with Gasteiger partial charge in [-0.15, -0.1) is 0 Å². The second-order valence-electron chi connectivity index (χ2n) is 17.3. The number of hydrogen-bond donors (Lipinski definition) is 0. The highest BCUT2D eigenvalue weighted by Gasteiger charge is 2.42. The van der Waals surface area contributed by atoms with Gasteiger partial charge in [-0.1, -0.05) is 121 Å². The number of ether oxygens (including phenoxy) is 3. The first-order valence-electron chi connectivity index (χ1n) is 23.3. The van der Waals surface area contributed by atoms with Crippen LogP contribution in [0.15, 0.2) is 218 Å². The lowest BCUT2D eigenvalue weighted by atomic mass is 9.83. The molecule has 13 rings (SSSR count). The largest absolute Gasteiger partial charge is 0.453 e. The number of para-hydroxylation sites is 12. The van der Waals surface area contributed by atoms with E-state index in [0.29, 0.717) is 51.3 Å². The fourth-order valence-corrected chi connectivity index (χ4v) is 10.2. The van der Waals surface area contributed by atoms with Gasteiger partial charge in [-0.25, -0.2) is 4.85 Å². The molecule has 0 bridgehead atoms. The third-order valence-electron chi connectivity index (χ3n) is 13.3. The van der Waals surface area contributed by atoms with Gasteiger partial charge in [-0.3, -0.25) is 0 Å². The molecule has 3 aliphatic heterocycles. The second-order valence-corrected chi connectivity index (χ2v) is 17.3. The summed E-state index contributed by atoms with van der Waals surface area (Å²) < 4.78 is 20.4. The molecule has 0 fully saturated rings. The van der Waals surface area contributed by atoms with Gasteiger partial charge in [0.15, 0.2) is 40.2 Å². The molecule has 9 heteroatoms. The number of hydrogen-bond acceptors (Lipinski definition) is 8. The molecule has 0 N–H and O–H groups in total. The number of rotatable bonds is 6. The molecule has 3 heterocycles. The van der Waals surface area contributed by atoms with Crippen LogP contribution in [-0.2, 0) is 0 Å². The number of benzene rings is 10. The third kappa shape index (κ3) is 6.60. The first kappa shape index (κ1) is 41.6. The van der Waals surface area contributed by atoms with Gasteiger partial charge < -0.3 is 28.9 Å². The molecule has 9 nitrogen and oxygen atoms in total. The lowest BCUT2D eigenvalue weighted by molar-refractivity contribution is 0.477. The summed E-state index contributed by atoms with van der Waals surface area (Å²) in [4.78, 5) is 10.7. The minimum absolute atomic E-state index is 0.490. The van der Waals surface area contributed by atoms with Crippen LogP contribution in [0.3, 0.4) is 0 Å².